The number of anilines is 1. The first-order chi connectivity index (χ1) is 13.3. The number of halogens is 2. The fourth-order valence-corrected chi connectivity index (χ4v) is 4.84. The Hall–Kier alpha value is -1.83. The average molecular weight is 482 g/mol. The summed E-state index contributed by atoms with van der Waals surface area (Å²) in [5, 5.41) is 4.42. The zero-order valence-electron chi connectivity index (χ0n) is 15.2. The van der Waals surface area contributed by atoms with E-state index < -0.39 is 11.6 Å². The van der Waals surface area contributed by atoms with Crippen molar-refractivity contribution in [3.63, 3.8) is 0 Å². The molecule has 2 aliphatic heterocycles. The molecule has 0 spiro atoms. The predicted octanol–water partition coefficient (Wildman–Crippen LogP) is 4.83. The molecule has 0 radical (unpaired) electrons. The van der Waals surface area contributed by atoms with E-state index in [2.05, 4.69) is 21.2 Å². The highest BCUT2D eigenvalue weighted by Crippen LogP contribution is 2.50. The number of rotatable bonds is 3. The maximum Gasteiger partial charge on any atom is 0.317 e. The van der Waals surface area contributed by atoms with Crippen molar-refractivity contribution in [1.29, 1.82) is 0 Å². The molecular formula is C20H18BrClN2O3S. The Morgan fingerprint density at radius 1 is 1.36 bits per heavy atom. The summed E-state index contributed by atoms with van der Waals surface area (Å²) in [6, 6.07) is 12.6. The Balaban J connectivity index is 1.89. The molecule has 1 saturated heterocycles. The lowest BCUT2D eigenvalue weighted by atomic mass is 9.79. The fourth-order valence-electron chi connectivity index (χ4n) is 3.93. The molecule has 8 heteroatoms. The van der Waals surface area contributed by atoms with Crippen LogP contribution in [0.5, 0.6) is 5.75 Å². The number of ether oxygens (including phenoxy) is 2. The van der Waals surface area contributed by atoms with E-state index >= 15 is 0 Å². The summed E-state index contributed by atoms with van der Waals surface area (Å²) in [6.07, 6.45) is 0. The molecule has 1 fully saturated rings. The third-order valence-electron chi connectivity index (χ3n) is 5.09. The molecule has 2 aromatic carbocycles. The SMILES string of the molecule is CCOC(=O)[C@H]1[C@@H]2NC(=S)N(c3ccc(Cl)cc3)[C@@]1(C)Oc1ccc(Br)cc12. The fraction of sp³-hybridized carbons (Fsp3) is 0.300. The topological polar surface area (TPSA) is 50.8 Å². The van der Waals surface area contributed by atoms with Crippen molar-refractivity contribution >= 4 is 56.5 Å². The summed E-state index contributed by atoms with van der Waals surface area (Å²) in [7, 11) is 0. The predicted molar refractivity (Wildman–Crippen MR) is 116 cm³/mol. The third-order valence-corrected chi connectivity index (χ3v) is 6.13. The minimum Gasteiger partial charge on any atom is -0.466 e. The summed E-state index contributed by atoms with van der Waals surface area (Å²) < 4.78 is 12.7. The highest BCUT2D eigenvalue weighted by Gasteiger charge is 2.59. The molecule has 5 nitrogen and oxygen atoms in total. The Morgan fingerprint density at radius 2 is 2.07 bits per heavy atom. The van der Waals surface area contributed by atoms with Gasteiger partial charge in [0.2, 0.25) is 5.72 Å². The number of fused-ring (bicyclic) bond motifs is 4. The van der Waals surface area contributed by atoms with E-state index in [1.54, 1.807) is 19.1 Å². The molecule has 0 aliphatic carbocycles. The highest BCUT2D eigenvalue weighted by molar-refractivity contribution is 9.10. The maximum absolute atomic E-state index is 13.0. The van der Waals surface area contributed by atoms with Gasteiger partial charge in [-0.25, -0.2) is 0 Å². The van der Waals surface area contributed by atoms with Gasteiger partial charge in [0.25, 0.3) is 0 Å². The molecule has 4 rings (SSSR count). The first kappa shape index (κ1) is 19.5. The summed E-state index contributed by atoms with van der Waals surface area (Å²) in [5.41, 5.74) is 0.578. The van der Waals surface area contributed by atoms with Gasteiger partial charge in [-0.3, -0.25) is 9.69 Å². The van der Waals surface area contributed by atoms with Crippen molar-refractivity contribution in [2.45, 2.75) is 25.6 Å². The average Bonchev–Trinajstić information content (AvgIpc) is 2.63. The molecule has 0 amide bonds. The molecule has 0 aromatic heterocycles. The van der Waals surface area contributed by atoms with Crippen LogP contribution in [0, 0.1) is 5.92 Å². The monoisotopic (exact) mass is 480 g/mol. The van der Waals surface area contributed by atoms with Crippen LogP contribution in [0.2, 0.25) is 5.02 Å². The van der Waals surface area contributed by atoms with E-state index in [1.165, 1.54) is 0 Å². The van der Waals surface area contributed by atoms with E-state index in [9.17, 15) is 4.79 Å². The van der Waals surface area contributed by atoms with E-state index in [0.29, 0.717) is 15.9 Å². The quantitative estimate of drug-likeness (QED) is 0.501. The Labute approximate surface area is 182 Å². The van der Waals surface area contributed by atoms with Gasteiger partial charge in [0.05, 0.1) is 12.6 Å². The molecule has 3 atom stereocenters. The van der Waals surface area contributed by atoms with Crippen LogP contribution in [-0.4, -0.2) is 23.4 Å². The first-order valence-corrected chi connectivity index (χ1v) is 10.4. The van der Waals surface area contributed by atoms with Crippen molar-refractivity contribution in [2.75, 3.05) is 11.5 Å². The lowest BCUT2D eigenvalue weighted by Gasteiger charge is -2.55. The van der Waals surface area contributed by atoms with E-state index in [0.717, 1.165) is 15.7 Å². The van der Waals surface area contributed by atoms with Gasteiger partial charge in [-0.1, -0.05) is 27.5 Å². The molecule has 2 bridgehead atoms. The van der Waals surface area contributed by atoms with Crippen molar-refractivity contribution in [3.8, 4) is 5.75 Å². The summed E-state index contributed by atoms with van der Waals surface area (Å²) >= 11 is 15.2. The lowest BCUT2D eigenvalue weighted by molar-refractivity contribution is -0.159. The normalized spacial score (nSPS) is 25.4. The second-order valence-corrected chi connectivity index (χ2v) is 8.55. The molecule has 0 saturated carbocycles. The number of carbonyl (C=O) groups excluding carboxylic acids is 1. The van der Waals surface area contributed by atoms with Gasteiger partial charge in [-0.2, -0.15) is 0 Å². The highest BCUT2D eigenvalue weighted by atomic mass is 79.9. The van der Waals surface area contributed by atoms with Crippen molar-refractivity contribution in [2.24, 2.45) is 5.92 Å². The van der Waals surface area contributed by atoms with Crippen LogP contribution in [0.3, 0.4) is 0 Å². The number of nitrogens with zero attached hydrogens (tertiary/aromatic N) is 1. The zero-order chi connectivity index (χ0) is 20.1. The number of nitrogens with one attached hydrogen (secondary N) is 1. The second-order valence-electron chi connectivity index (χ2n) is 6.81. The van der Waals surface area contributed by atoms with Gasteiger partial charge in [-0.05, 0) is 68.5 Å². The van der Waals surface area contributed by atoms with Gasteiger partial charge >= 0.3 is 5.97 Å². The third kappa shape index (κ3) is 3.06. The summed E-state index contributed by atoms with van der Waals surface area (Å²) in [6.45, 7) is 3.95. The Bertz CT molecular complexity index is 955. The molecule has 28 heavy (non-hydrogen) atoms. The van der Waals surface area contributed by atoms with Crippen molar-refractivity contribution < 1.29 is 14.3 Å². The Kier molecular flexibility index (Phi) is 5.02. The molecule has 2 aliphatic rings. The van der Waals surface area contributed by atoms with Gasteiger partial charge in [0.1, 0.15) is 11.7 Å². The molecular weight excluding hydrogens is 464 g/mol. The zero-order valence-corrected chi connectivity index (χ0v) is 18.4. The van der Waals surface area contributed by atoms with Crippen LogP contribution in [0.15, 0.2) is 46.9 Å². The van der Waals surface area contributed by atoms with Crippen molar-refractivity contribution in [3.05, 3.63) is 57.5 Å². The van der Waals surface area contributed by atoms with Crippen LogP contribution in [0.4, 0.5) is 5.69 Å². The van der Waals surface area contributed by atoms with Crippen LogP contribution >= 0.6 is 39.7 Å². The van der Waals surface area contributed by atoms with Crippen LogP contribution in [0.25, 0.3) is 0 Å². The van der Waals surface area contributed by atoms with Crippen LogP contribution in [-0.2, 0) is 9.53 Å². The summed E-state index contributed by atoms with van der Waals surface area (Å²) in [4.78, 5) is 14.8. The minimum atomic E-state index is -1.06. The molecule has 0 unspecified atom stereocenters. The number of hydrogen-bond donors (Lipinski definition) is 1. The smallest absolute Gasteiger partial charge is 0.317 e. The number of thiocarbonyl (C=S) groups is 1. The standard InChI is InChI=1S/C20H18BrClN2O3S/c1-3-26-18(25)16-17-14-10-11(21)4-9-15(14)27-20(16,2)24(19(28)23-17)13-7-5-12(22)6-8-13/h4-10,16-17H,3H2,1-2H3,(H,23,28)/t16-,17-,20+/m1/s1. The first-order valence-electron chi connectivity index (χ1n) is 8.86. The number of benzene rings is 2. The van der Waals surface area contributed by atoms with Crippen molar-refractivity contribution in [1.82, 2.24) is 5.32 Å². The van der Waals surface area contributed by atoms with Gasteiger partial charge in [0.15, 0.2) is 5.11 Å². The molecule has 1 N–H and O–H groups in total. The van der Waals surface area contributed by atoms with Crippen LogP contribution in [0.1, 0.15) is 25.5 Å². The number of esters is 1. The minimum absolute atomic E-state index is 0.287. The van der Waals surface area contributed by atoms with E-state index in [-0.39, 0.29) is 18.6 Å². The van der Waals surface area contributed by atoms with Crippen LogP contribution < -0.4 is 15.0 Å². The largest absolute Gasteiger partial charge is 0.466 e. The molecule has 146 valence electrons. The lowest BCUT2D eigenvalue weighted by Crippen LogP contribution is -2.71. The number of carbonyl (C=O) groups is 1. The second kappa shape index (κ2) is 7.21. The maximum atomic E-state index is 13.0. The molecule has 2 heterocycles. The number of hydrogen-bond acceptors (Lipinski definition) is 4. The van der Waals surface area contributed by atoms with Gasteiger partial charge < -0.3 is 14.8 Å². The van der Waals surface area contributed by atoms with Gasteiger partial charge in [-0.15, -0.1) is 0 Å². The molecule has 2 aromatic rings. The van der Waals surface area contributed by atoms with E-state index in [4.69, 9.17) is 33.3 Å². The van der Waals surface area contributed by atoms with E-state index in [1.807, 2.05) is 42.2 Å². The van der Waals surface area contributed by atoms with Gasteiger partial charge in [0, 0.05) is 20.7 Å². The Morgan fingerprint density at radius 3 is 2.75 bits per heavy atom. The summed E-state index contributed by atoms with van der Waals surface area (Å²) in [5.74, 6) is -0.267.